The first-order chi connectivity index (χ1) is 12.3. The summed E-state index contributed by atoms with van der Waals surface area (Å²) in [7, 11) is 0. The van der Waals surface area contributed by atoms with E-state index >= 15 is 0 Å². The first kappa shape index (κ1) is 32.0. The molecular weight excluding hydrogens is 336 g/mol. The van der Waals surface area contributed by atoms with Crippen LogP contribution in [0.2, 0.25) is 0 Å². The van der Waals surface area contributed by atoms with Crippen LogP contribution in [0.5, 0.6) is 0 Å². The summed E-state index contributed by atoms with van der Waals surface area (Å²) in [4.78, 5) is 1.05. The van der Waals surface area contributed by atoms with Crippen molar-refractivity contribution < 1.29 is 0 Å². The van der Waals surface area contributed by atoms with Crippen molar-refractivity contribution in [2.45, 2.75) is 68.2 Å². The zero-order valence-electron chi connectivity index (χ0n) is 18.3. The molecule has 3 heteroatoms. The van der Waals surface area contributed by atoms with Crippen molar-refractivity contribution in [3.8, 4) is 0 Å². The van der Waals surface area contributed by atoms with Crippen LogP contribution in [0.1, 0.15) is 68.2 Å². The van der Waals surface area contributed by atoms with E-state index in [2.05, 4.69) is 38.3 Å². The fourth-order valence-electron chi connectivity index (χ4n) is 1.11. The molecule has 0 radical (unpaired) electrons. The van der Waals surface area contributed by atoms with Gasteiger partial charge < -0.3 is 5.73 Å². The highest BCUT2D eigenvalue weighted by Crippen LogP contribution is 2.08. The third kappa shape index (κ3) is 38.1. The Hall–Kier alpha value is -1.74. The van der Waals surface area contributed by atoms with Crippen LogP contribution >= 0.6 is 12.6 Å². The van der Waals surface area contributed by atoms with Gasteiger partial charge in [-0.3, -0.25) is 5.41 Å². The monoisotopic (exact) mass is 378 g/mol. The Morgan fingerprint density at radius 3 is 1.88 bits per heavy atom. The van der Waals surface area contributed by atoms with Crippen LogP contribution in [0.3, 0.4) is 0 Å². The van der Waals surface area contributed by atoms with Gasteiger partial charge in [-0.2, -0.15) is 0 Å². The fourth-order valence-corrected chi connectivity index (χ4v) is 1.20. The van der Waals surface area contributed by atoms with Gasteiger partial charge in [0, 0.05) is 0 Å². The molecule has 0 aliphatic carbocycles. The molecule has 0 heterocycles. The molecule has 0 saturated carbocycles. The molecular formula is C23H42N2S. The highest BCUT2D eigenvalue weighted by Gasteiger charge is 1.91. The number of hydrogen-bond acceptors (Lipinski definition) is 2. The smallest absolute Gasteiger partial charge is 0.115 e. The zero-order valence-corrected chi connectivity index (χ0v) is 19.2. The predicted molar refractivity (Wildman–Crippen MR) is 128 cm³/mol. The molecule has 0 saturated heterocycles. The molecule has 0 amide bonds. The lowest BCUT2D eigenvalue weighted by atomic mass is 10.1. The summed E-state index contributed by atoms with van der Waals surface area (Å²) >= 11 is 4.08. The highest BCUT2D eigenvalue weighted by molar-refractivity contribution is 7.84. The van der Waals surface area contributed by atoms with Crippen LogP contribution in [0.25, 0.3) is 0 Å². The second-order valence-electron chi connectivity index (χ2n) is 5.01. The van der Waals surface area contributed by atoms with Crippen LogP contribution < -0.4 is 5.73 Å². The normalized spacial score (nSPS) is 11.7. The van der Waals surface area contributed by atoms with Gasteiger partial charge in [0.25, 0.3) is 0 Å². The average molecular weight is 379 g/mol. The summed E-state index contributed by atoms with van der Waals surface area (Å²) in [6.07, 6.45) is 17.6. The van der Waals surface area contributed by atoms with E-state index in [9.17, 15) is 0 Å². The van der Waals surface area contributed by atoms with Crippen molar-refractivity contribution in [1.82, 2.24) is 0 Å². The molecule has 0 unspecified atom stereocenters. The minimum atomic E-state index is 0.0962. The summed E-state index contributed by atoms with van der Waals surface area (Å²) in [5, 5.41) is 7.05. The number of hydrogen-bond donors (Lipinski definition) is 3. The Bertz CT molecular complexity index is 470. The van der Waals surface area contributed by atoms with Gasteiger partial charge in [0.1, 0.15) is 5.84 Å². The second kappa shape index (κ2) is 28.1. The zero-order chi connectivity index (χ0) is 21.4. The van der Waals surface area contributed by atoms with Gasteiger partial charge in [-0.15, -0.1) is 19.2 Å². The minimum Gasteiger partial charge on any atom is -0.384 e. The van der Waals surface area contributed by atoms with Crippen LogP contribution in [-0.2, 0) is 0 Å². The van der Waals surface area contributed by atoms with E-state index in [0.29, 0.717) is 0 Å². The summed E-state index contributed by atoms with van der Waals surface area (Å²) in [6, 6.07) is 0. The van der Waals surface area contributed by atoms with Crippen LogP contribution in [0.4, 0.5) is 0 Å². The quantitative estimate of drug-likeness (QED) is 0.143. The Labute approximate surface area is 169 Å². The van der Waals surface area contributed by atoms with Gasteiger partial charge >= 0.3 is 0 Å². The molecule has 0 bridgehead atoms. The van der Waals surface area contributed by atoms with Crippen LogP contribution in [-0.4, -0.2) is 5.84 Å². The molecule has 0 aliphatic heterocycles. The topological polar surface area (TPSA) is 49.9 Å². The fraction of sp³-hybridized carbons (Fsp3) is 0.435. The molecule has 0 aromatic heterocycles. The van der Waals surface area contributed by atoms with Gasteiger partial charge in [-0.1, -0.05) is 68.9 Å². The Morgan fingerprint density at radius 1 is 1.08 bits per heavy atom. The summed E-state index contributed by atoms with van der Waals surface area (Å²) in [5.41, 5.74) is 7.39. The van der Waals surface area contributed by atoms with Crippen molar-refractivity contribution >= 4 is 18.5 Å². The maximum absolute atomic E-state index is 7.05. The van der Waals surface area contributed by atoms with Gasteiger partial charge in [-0.05, 0) is 64.0 Å². The van der Waals surface area contributed by atoms with E-state index < -0.39 is 0 Å². The van der Waals surface area contributed by atoms with Crippen molar-refractivity contribution in [3.05, 3.63) is 71.2 Å². The number of amidine groups is 1. The molecule has 0 aliphatic rings. The Balaban J connectivity index is -0.000000149. The molecule has 0 aromatic carbocycles. The number of thiol groups is 1. The highest BCUT2D eigenvalue weighted by atomic mass is 32.1. The average Bonchev–Trinajstić information content (AvgIpc) is 2.61. The number of nitrogens with one attached hydrogen (secondary N) is 1. The Morgan fingerprint density at radius 2 is 1.58 bits per heavy atom. The van der Waals surface area contributed by atoms with Crippen molar-refractivity contribution in [3.63, 3.8) is 0 Å². The summed E-state index contributed by atoms with van der Waals surface area (Å²) in [5.74, 6) is 0.0962. The van der Waals surface area contributed by atoms with E-state index in [0.717, 1.165) is 28.9 Å². The van der Waals surface area contributed by atoms with E-state index in [1.165, 1.54) is 0 Å². The molecule has 3 N–H and O–H groups in total. The van der Waals surface area contributed by atoms with Crippen LogP contribution in [0.15, 0.2) is 71.2 Å². The first-order valence-electron chi connectivity index (χ1n) is 9.16. The largest absolute Gasteiger partial charge is 0.384 e. The van der Waals surface area contributed by atoms with E-state index in [1.54, 1.807) is 6.08 Å². The molecule has 0 rings (SSSR count). The standard InChI is InChI=1S/C10H16N2.C7H12S.C4H8.C2H6/c1-4-5-6-8(2)9(3)7-10(11)12;1-3-4-5-6-7(2)8;1-3-4-2;1-2/h4,6-7H,1,5H2,2-3H3,(H3,11,12);4-6,8H,3H2,1-2H3;3-4H,1-2H3;1-2H3/b8-6+,9-7-;5-4-,7-6+;4-3+;. The SMILES string of the molecule is C/C=C/C.C=CC/C=C(C)/C(C)=C\C(=N)N.CC.CC/C=C\C=C(/C)S. The van der Waals surface area contributed by atoms with Crippen molar-refractivity contribution in [2.24, 2.45) is 5.73 Å². The molecule has 150 valence electrons. The molecule has 0 spiro atoms. The Kier molecular flexibility index (Phi) is 34.5. The summed E-state index contributed by atoms with van der Waals surface area (Å²) in [6.45, 7) is 19.6. The maximum atomic E-state index is 7.05. The molecule has 0 fully saturated rings. The third-order valence-electron chi connectivity index (χ3n) is 2.63. The minimum absolute atomic E-state index is 0.0962. The summed E-state index contributed by atoms with van der Waals surface area (Å²) < 4.78 is 0. The first-order valence-corrected chi connectivity index (χ1v) is 9.61. The van der Waals surface area contributed by atoms with E-state index in [1.807, 2.05) is 78.8 Å². The van der Waals surface area contributed by atoms with E-state index in [4.69, 9.17) is 11.1 Å². The molecule has 2 nitrogen and oxygen atoms in total. The van der Waals surface area contributed by atoms with Crippen molar-refractivity contribution in [1.29, 1.82) is 5.41 Å². The van der Waals surface area contributed by atoms with Crippen molar-refractivity contribution in [2.75, 3.05) is 0 Å². The number of allylic oxidation sites excluding steroid dienone is 10. The maximum Gasteiger partial charge on any atom is 0.115 e. The van der Waals surface area contributed by atoms with E-state index in [-0.39, 0.29) is 5.84 Å². The molecule has 26 heavy (non-hydrogen) atoms. The lowest BCUT2D eigenvalue weighted by molar-refractivity contribution is 1.22. The van der Waals surface area contributed by atoms with Crippen LogP contribution in [0, 0.1) is 5.41 Å². The lowest BCUT2D eigenvalue weighted by Gasteiger charge is -1.99. The number of nitrogens with two attached hydrogens (primary N) is 1. The molecule has 0 atom stereocenters. The lowest BCUT2D eigenvalue weighted by Crippen LogP contribution is -2.05. The second-order valence-corrected chi connectivity index (χ2v) is 5.71. The van der Waals surface area contributed by atoms with Gasteiger partial charge in [0.15, 0.2) is 0 Å². The van der Waals surface area contributed by atoms with Gasteiger partial charge in [0.05, 0.1) is 0 Å². The van der Waals surface area contributed by atoms with Gasteiger partial charge in [0.2, 0.25) is 0 Å². The number of rotatable bonds is 6. The molecule has 0 aromatic rings. The van der Waals surface area contributed by atoms with Gasteiger partial charge in [-0.25, -0.2) is 0 Å². The predicted octanol–water partition coefficient (Wildman–Crippen LogP) is 7.79. The third-order valence-corrected chi connectivity index (χ3v) is 2.78.